The van der Waals surface area contributed by atoms with Gasteiger partial charge in [0.25, 0.3) is 0 Å². The van der Waals surface area contributed by atoms with Crippen LogP contribution in [-0.4, -0.2) is 25.3 Å². The van der Waals surface area contributed by atoms with Gasteiger partial charge in [-0.05, 0) is 29.7 Å². The normalized spacial score (nSPS) is 15.9. The monoisotopic (exact) mass is 247 g/mol. The lowest BCUT2D eigenvalue weighted by Crippen LogP contribution is -2.03. The van der Waals surface area contributed by atoms with Crippen molar-refractivity contribution < 1.29 is 9.47 Å². The summed E-state index contributed by atoms with van der Waals surface area (Å²) in [7, 11) is 1.68. The van der Waals surface area contributed by atoms with Gasteiger partial charge in [-0.2, -0.15) is 0 Å². The van der Waals surface area contributed by atoms with E-state index < -0.39 is 0 Å². The molecule has 0 radical (unpaired) electrons. The molecule has 0 bridgehead atoms. The molecule has 0 saturated carbocycles. The number of fused-ring (bicyclic) bond motifs is 1. The molecule has 3 rings (SSSR count). The molecule has 2 heterocycles. The van der Waals surface area contributed by atoms with E-state index in [0.29, 0.717) is 6.61 Å². The van der Waals surface area contributed by atoms with Crippen LogP contribution in [0.15, 0.2) is 23.7 Å². The maximum Gasteiger partial charge on any atom is 0.146 e. The maximum absolute atomic E-state index is 5.35. The van der Waals surface area contributed by atoms with Gasteiger partial charge >= 0.3 is 0 Å². The van der Waals surface area contributed by atoms with Crippen LogP contribution in [0.3, 0.4) is 0 Å². The summed E-state index contributed by atoms with van der Waals surface area (Å²) < 4.78 is 11.9. The number of aromatic nitrogens is 1. The third-order valence-corrected chi connectivity index (χ3v) is 3.84. The minimum Gasteiger partial charge on any atom is -0.494 e. The number of thiazole rings is 1. The van der Waals surface area contributed by atoms with E-state index in [9.17, 15) is 0 Å². The Morgan fingerprint density at radius 3 is 3.12 bits per heavy atom. The summed E-state index contributed by atoms with van der Waals surface area (Å²) in [6.07, 6.45) is 3.13. The molecule has 0 amide bonds. The zero-order valence-electron chi connectivity index (χ0n) is 9.60. The third kappa shape index (κ3) is 1.83. The fourth-order valence-corrected chi connectivity index (χ4v) is 2.97. The van der Waals surface area contributed by atoms with Crippen LogP contribution in [0.5, 0.6) is 5.75 Å². The highest BCUT2D eigenvalue weighted by atomic mass is 32.1. The molecule has 0 spiro atoms. The number of nitrogens with zero attached hydrogens (tertiary/aromatic N) is 1. The Kier molecular flexibility index (Phi) is 2.82. The summed E-state index contributed by atoms with van der Waals surface area (Å²) in [5.74, 6) is 0.845. The van der Waals surface area contributed by atoms with Gasteiger partial charge in [0.05, 0.1) is 30.5 Å². The van der Waals surface area contributed by atoms with Gasteiger partial charge in [-0.15, -0.1) is 11.3 Å². The van der Waals surface area contributed by atoms with E-state index in [2.05, 4.69) is 17.1 Å². The largest absolute Gasteiger partial charge is 0.494 e. The molecule has 0 aliphatic carbocycles. The molecular formula is C13H13NO2S. The van der Waals surface area contributed by atoms with Crippen LogP contribution in [0, 0.1) is 0 Å². The molecule has 1 aromatic carbocycles. The summed E-state index contributed by atoms with van der Waals surface area (Å²) in [6, 6.07) is 4.12. The third-order valence-electron chi connectivity index (χ3n) is 2.98. The predicted octanol–water partition coefficient (Wildman–Crippen LogP) is 3.11. The molecule has 2 aromatic rings. The quantitative estimate of drug-likeness (QED) is 0.817. The fourth-order valence-electron chi connectivity index (χ4n) is 2.12. The van der Waals surface area contributed by atoms with Gasteiger partial charge in [-0.3, -0.25) is 0 Å². The van der Waals surface area contributed by atoms with Crippen molar-refractivity contribution in [3.8, 4) is 5.75 Å². The molecule has 88 valence electrons. The number of methoxy groups -OCH3 is 1. The van der Waals surface area contributed by atoms with Crippen molar-refractivity contribution in [2.45, 2.75) is 6.42 Å². The zero-order valence-corrected chi connectivity index (χ0v) is 10.4. The SMILES string of the molecule is COc1ccc(C2=CCOCC2)c2scnc12. The van der Waals surface area contributed by atoms with Crippen LogP contribution in [0.1, 0.15) is 12.0 Å². The summed E-state index contributed by atoms with van der Waals surface area (Å²) in [5, 5.41) is 0. The van der Waals surface area contributed by atoms with E-state index in [1.807, 2.05) is 11.6 Å². The van der Waals surface area contributed by atoms with Crippen molar-refractivity contribution in [2.75, 3.05) is 20.3 Å². The molecular weight excluding hydrogens is 234 g/mol. The summed E-state index contributed by atoms with van der Waals surface area (Å²) in [4.78, 5) is 4.38. The standard InChI is InChI=1S/C13H13NO2S/c1-15-11-3-2-10(9-4-6-16-7-5-9)13-12(11)14-8-17-13/h2-4,8H,5-7H2,1H3. The lowest BCUT2D eigenvalue weighted by Gasteiger charge is -2.14. The molecule has 1 aliphatic heterocycles. The first-order valence-electron chi connectivity index (χ1n) is 5.57. The molecule has 0 unspecified atom stereocenters. The van der Waals surface area contributed by atoms with Crippen LogP contribution in [0.25, 0.3) is 15.8 Å². The van der Waals surface area contributed by atoms with E-state index in [-0.39, 0.29) is 0 Å². The van der Waals surface area contributed by atoms with Crippen LogP contribution < -0.4 is 4.74 Å². The Morgan fingerprint density at radius 2 is 2.35 bits per heavy atom. The highest BCUT2D eigenvalue weighted by Gasteiger charge is 2.14. The van der Waals surface area contributed by atoms with E-state index in [1.54, 1.807) is 18.4 Å². The zero-order chi connectivity index (χ0) is 11.7. The van der Waals surface area contributed by atoms with E-state index in [1.165, 1.54) is 15.8 Å². The molecule has 1 aromatic heterocycles. The van der Waals surface area contributed by atoms with Crippen molar-refractivity contribution >= 4 is 27.1 Å². The molecule has 0 saturated heterocycles. The highest BCUT2D eigenvalue weighted by molar-refractivity contribution is 7.17. The predicted molar refractivity (Wildman–Crippen MR) is 69.6 cm³/mol. The molecule has 1 aliphatic rings. The van der Waals surface area contributed by atoms with Crippen molar-refractivity contribution in [2.24, 2.45) is 0 Å². The van der Waals surface area contributed by atoms with E-state index in [4.69, 9.17) is 9.47 Å². The Morgan fingerprint density at radius 1 is 1.41 bits per heavy atom. The summed E-state index contributed by atoms with van der Waals surface area (Å²) in [5.41, 5.74) is 5.46. The first-order chi connectivity index (χ1) is 8.40. The Bertz CT molecular complexity index is 574. The topological polar surface area (TPSA) is 31.4 Å². The minimum atomic E-state index is 0.710. The van der Waals surface area contributed by atoms with Crippen LogP contribution >= 0.6 is 11.3 Å². The van der Waals surface area contributed by atoms with Gasteiger partial charge in [0.1, 0.15) is 11.3 Å². The van der Waals surface area contributed by atoms with Crippen molar-refractivity contribution in [3.05, 3.63) is 29.3 Å². The van der Waals surface area contributed by atoms with Crippen LogP contribution in [0.2, 0.25) is 0 Å². The summed E-state index contributed by atoms with van der Waals surface area (Å²) in [6.45, 7) is 1.51. The average molecular weight is 247 g/mol. The highest BCUT2D eigenvalue weighted by Crippen LogP contribution is 2.35. The molecule has 0 fully saturated rings. The molecule has 0 N–H and O–H groups in total. The Labute approximate surface area is 104 Å². The lowest BCUT2D eigenvalue weighted by molar-refractivity contribution is 0.161. The lowest BCUT2D eigenvalue weighted by atomic mass is 10.0. The van der Waals surface area contributed by atoms with Gasteiger partial charge in [0.2, 0.25) is 0 Å². The van der Waals surface area contributed by atoms with Crippen LogP contribution in [-0.2, 0) is 4.74 Å². The van der Waals surface area contributed by atoms with Gasteiger partial charge in [0.15, 0.2) is 0 Å². The molecule has 17 heavy (non-hydrogen) atoms. The number of hydrogen-bond donors (Lipinski definition) is 0. The Hall–Kier alpha value is -1.39. The number of benzene rings is 1. The van der Waals surface area contributed by atoms with E-state index >= 15 is 0 Å². The minimum absolute atomic E-state index is 0.710. The van der Waals surface area contributed by atoms with Crippen LogP contribution in [0.4, 0.5) is 0 Å². The second kappa shape index (κ2) is 4.47. The fraction of sp³-hybridized carbons (Fsp3) is 0.308. The maximum atomic E-state index is 5.35. The van der Waals surface area contributed by atoms with Gasteiger partial charge in [-0.25, -0.2) is 4.98 Å². The smallest absolute Gasteiger partial charge is 0.146 e. The van der Waals surface area contributed by atoms with Crippen molar-refractivity contribution in [1.29, 1.82) is 0 Å². The first kappa shape index (κ1) is 10.7. The van der Waals surface area contributed by atoms with E-state index in [0.717, 1.165) is 24.3 Å². The molecule has 0 atom stereocenters. The molecule has 4 heteroatoms. The number of rotatable bonds is 2. The van der Waals surface area contributed by atoms with Gasteiger partial charge < -0.3 is 9.47 Å². The number of ether oxygens (including phenoxy) is 2. The average Bonchev–Trinajstić information content (AvgIpc) is 2.88. The Balaban J connectivity index is 2.17. The van der Waals surface area contributed by atoms with Crippen molar-refractivity contribution in [1.82, 2.24) is 4.98 Å². The molecule has 3 nitrogen and oxygen atoms in total. The second-order valence-corrected chi connectivity index (χ2v) is 4.75. The first-order valence-corrected chi connectivity index (χ1v) is 6.45. The number of hydrogen-bond acceptors (Lipinski definition) is 4. The van der Waals surface area contributed by atoms with Gasteiger partial charge in [0, 0.05) is 0 Å². The van der Waals surface area contributed by atoms with Gasteiger partial charge in [-0.1, -0.05) is 6.08 Å². The van der Waals surface area contributed by atoms with Crippen molar-refractivity contribution in [3.63, 3.8) is 0 Å². The second-order valence-electron chi connectivity index (χ2n) is 3.90. The summed E-state index contributed by atoms with van der Waals surface area (Å²) >= 11 is 1.66.